The van der Waals surface area contributed by atoms with Crippen LogP contribution in [0.5, 0.6) is 11.5 Å². The minimum absolute atomic E-state index is 0.134. The minimum Gasteiger partial charge on any atom is -0.491 e. The Balaban J connectivity index is 1.95. The van der Waals surface area contributed by atoms with Gasteiger partial charge in [0.1, 0.15) is 11.4 Å². The molecule has 0 radical (unpaired) electrons. The van der Waals surface area contributed by atoms with E-state index in [0.29, 0.717) is 36.3 Å². The molecular formula is C18H27N3O4S. The van der Waals surface area contributed by atoms with Crippen LogP contribution in [-0.2, 0) is 10.0 Å². The highest BCUT2D eigenvalue weighted by atomic mass is 32.2. The predicted octanol–water partition coefficient (Wildman–Crippen LogP) is 2.65. The molecule has 2 heterocycles. The van der Waals surface area contributed by atoms with Crippen LogP contribution >= 0.6 is 0 Å². The van der Waals surface area contributed by atoms with Gasteiger partial charge in [0.25, 0.3) is 0 Å². The van der Waals surface area contributed by atoms with Gasteiger partial charge in [-0.2, -0.15) is 0 Å². The van der Waals surface area contributed by atoms with Gasteiger partial charge < -0.3 is 14.4 Å². The predicted molar refractivity (Wildman–Crippen MR) is 103 cm³/mol. The molecule has 1 aromatic rings. The molecule has 1 unspecified atom stereocenters. The average Bonchev–Trinajstić information content (AvgIpc) is 3.09. The third-order valence-corrected chi connectivity index (χ3v) is 5.08. The Morgan fingerprint density at radius 3 is 2.88 bits per heavy atom. The molecule has 0 bridgehead atoms. The smallest absolute Gasteiger partial charge is 0.230 e. The van der Waals surface area contributed by atoms with E-state index in [1.165, 1.54) is 0 Å². The topological polar surface area (TPSA) is 80.2 Å². The van der Waals surface area contributed by atoms with Gasteiger partial charge in [-0.05, 0) is 24.5 Å². The Kier molecular flexibility index (Phi) is 5.60. The molecule has 0 saturated carbocycles. The maximum Gasteiger partial charge on any atom is 0.230 e. The lowest BCUT2D eigenvalue weighted by atomic mass is 9.98. The lowest BCUT2D eigenvalue weighted by Crippen LogP contribution is -2.30. The molecule has 1 atom stereocenters. The van der Waals surface area contributed by atoms with Crippen molar-refractivity contribution >= 4 is 22.0 Å². The zero-order valence-electron chi connectivity index (χ0n) is 15.6. The van der Waals surface area contributed by atoms with Crippen molar-refractivity contribution < 1.29 is 17.9 Å². The summed E-state index contributed by atoms with van der Waals surface area (Å²) in [4.78, 5) is 6.48. The number of ether oxygens (including phenoxy) is 2. The van der Waals surface area contributed by atoms with E-state index in [1.54, 1.807) is 0 Å². The molecule has 2 aliphatic heterocycles. The fourth-order valence-corrected chi connectivity index (χ4v) is 3.77. The highest BCUT2D eigenvalue weighted by Crippen LogP contribution is 2.45. The largest absolute Gasteiger partial charge is 0.491 e. The minimum atomic E-state index is -3.46. The van der Waals surface area contributed by atoms with Gasteiger partial charge in [-0.15, -0.1) is 0 Å². The van der Waals surface area contributed by atoms with E-state index in [9.17, 15) is 8.42 Å². The fraction of sp³-hybridized carbons (Fsp3) is 0.611. The van der Waals surface area contributed by atoms with Crippen molar-refractivity contribution in [2.24, 2.45) is 10.9 Å². The summed E-state index contributed by atoms with van der Waals surface area (Å²) in [5.41, 5.74) is 1.36. The summed E-state index contributed by atoms with van der Waals surface area (Å²) < 4.78 is 38.2. The number of nitrogens with zero attached hydrogens (tertiary/aromatic N) is 2. The van der Waals surface area contributed by atoms with Crippen LogP contribution in [-0.4, -0.2) is 52.2 Å². The molecule has 8 heteroatoms. The second kappa shape index (κ2) is 7.73. The first-order valence-corrected chi connectivity index (χ1v) is 10.9. The highest BCUT2D eigenvalue weighted by Gasteiger charge is 2.31. The number of fused-ring (bicyclic) bond motifs is 1. The van der Waals surface area contributed by atoms with Crippen molar-refractivity contribution in [3.05, 3.63) is 17.7 Å². The Labute approximate surface area is 155 Å². The van der Waals surface area contributed by atoms with Crippen LogP contribution in [0, 0.1) is 5.92 Å². The van der Waals surface area contributed by atoms with Crippen molar-refractivity contribution in [1.82, 2.24) is 4.90 Å². The van der Waals surface area contributed by atoms with E-state index in [0.717, 1.165) is 37.8 Å². The van der Waals surface area contributed by atoms with Gasteiger partial charge >= 0.3 is 0 Å². The number of hydrogen-bond acceptors (Lipinski definition) is 6. The van der Waals surface area contributed by atoms with Gasteiger partial charge in [0.2, 0.25) is 10.0 Å². The molecule has 1 aromatic carbocycles. The summed E-state index contributed by atoms with van der Waals surface area (Å²) in [6, 6.07) is 3.94. The van der Waals surface area contributed by atoms with E-state index < -0.39 is 10.0 Å². The monoisotopic (exact) mass is 381 g/mol. The zero-order valence-corrected chi connectivity index (χ0v) is 16.4. The van der Waals surface area contributed by atoms with Crippen LogP contribution in [0.15, 0.2) is 17.1 Å². The quantitative estimate of drug-likeness (QED) is 0.785. The Morgan fingerprint density at radius 2 is 2.23 bits per heavy atom. The molecule has 0 saturated heterocycles. The Morgan fingerprint density at radius 1 is 1.42 bits per heavy atom. The normalized spacial score (nSPS) is 19.4. The van der Waals surface area contributed by atoms with Gasteiger partial charge in [-0.1, -0.05) is 13.8 Å². The van der Waals surface area contributed by atoms with E-state index in [1.807, 2.05) is 18.5 Å². The standard InChI is InChI=1S/C18H27N3O4S/c1-13(2)6-10-24-16-5-4-14-15(21-9-8-19-12-21)7-11-25-18(14)17(16)20-26(3,22)23/h4-5,12-13,15,20H,6-11H2,1-3H3. The van der Waals surface area contributed by atoms with Crippen LogP contribution in [0.4, 0.5) is 5.69 Å². The van der Waals surface area contributed by atoms with Crippen molar-refractivity contribution in [3.8, 4) is 11.5 Å². The van der Waals surface area contributed by atoms with Crippen LogP contribution in [0.2, 0.25) is 0 Å². The third-order valence-electron chi connectivity index (χ3n) is 4.50. The first kappa shape index (κ1) is 18.8. The molecule has 0 spiro atoms. The first-order valence-electron chi connectivity index (χ1n) is 9.01. The number of benzene rings is 1. The SMILES string of the molecule is CC(C)CCOc1ccc2c(c1NS(C)(=O)=O)OCCC2N1C=NCC1. The Hall–Kier alpha value is -1.96. The fourth-order valence-electron chi connectivity index (χ4n) is 3.21. The molecule has 0 fully saturated rings. The highest BCUT2D eigenvalue weighted by molar-refractivity contribution is 7.92. The molecule has 0 amide bonds. The van der Waals surface area contributed by atoms with Gasteiger partial charge in [0, 0.05) is 18.5 Å². The van der Waals surface area contributed by atoms with E-state index >= 15 is 0 Å². The number of nitrogens with one attached hydrogen (secondary N) is 1. The summed E-state index contributed by atoms with van der Waals surface area (Å²) in [5, 5.41) is 0. The summed E-state index contributed by atoms with van der Waals surface area (Å²) in [5.74, 6) is 1.58. The zero-order chi connectivity index (χ0) is 18.7. The lowest BCUT2D eigenvalue weighted by Gasteiger charge is -2.33. The van der Waals surface area contributed by atoms with Crippen LogP contribution in [0.3, 0.4) is 0 Å². The van der Waals surface area contributed by atoms with Crippen molar-refractivity contribution in [3.63, 3.8) is 0 Å². The number of sulfonamides is 1. The lowest BCUT2D eigenvalue weighted by molar-refractivity contribution is 0.209. The van der Waals surface area contributed by atoms with Gasteiger partial charge in [0.05, 0.1) is 38.4 Å². The molecular weight excluding hydrogens is 354 g/mol. The summed E-state index contributed by atoms with van der Waals surface area (Å²) in [6.07, 6.45) is 4.74. The third kappa shape index (κ3) is 4.41. The van der Waals surface area contributed by atoms with E-state index in [2.05, 4.69) is 28.5 Å². The summed E-state index contributed by atoms with van der Waals surface area (Å²) in [6.45, 7) is 6.95. The molecule has 144 valence electrons. The molecule has 1 N–H and O–H groups in total. The summed E-state index contributed by atoms with van der Waals surface area (Å²) >= 11 is 0. The number of hydrogen-bond donors (Lipinski definition) is 1. The van der Waals surface area contributed by atoms with Crippen LogP contribution < -0.4 is 14.2 Å². The second-order valence-corrected chi connectivity index (χ2v) is 8.92. The number of anilines is 1. The van der Waals surface area contributed by atoms with E-state index in [4.69, 9.17) is 9.47 Å². The molecule has 0 aliphatic carbocycles. The van der Waals surface area contributed by atoms with Crippen LogP contribution in [0.1, 0.15) is 38.3 Å². The van der Waals surface area contributed by atoms with E-state index in [-0.39, 0.29) is 6.04 Å². The maximum atomic E-state index is 11.9. The summed E-state index contributed by atoms with van der Waals surface area (Å²) in [7, 11) is -3.46. The van der Waals surface area contributed by atoms with Gasteiger partial charge in [0.15, 0.2) is 5.75 Å². The van der Waals surface area contributed by atoms with Crippen molar-refractivity contribution in [1.29, 1.82) is 0 Å². The average molecular weight is 381 g/mol. The number of aliphatic imine (C=N–C) groups is 1. The van der Waals surface area contributed by atoms with Gasteiger partial charge in [-0.25, -0.2) is 8.42 Å². The molecule has 3 rings (SSSR count). The van der Waals surface area contributed by atoms with Crippen molar-refractivity contribution in [2.75, 3.05) is 37.3 Å². The molecule has 2 aliphatic rings. The maximum absolute atomic E-state index is 11.9. The van der Waals surface area contributed by atoms with Crippen LogP contribution in [0.25, 0.3) is 0 Å². The van der Waals surface area contributed by atoms with Gasteiger partial charge in [-0.3, -0.25) is 9.71 Å². The second-order valence-electron chi connectivity index (χ2n) is 7.17. The molecule has 7 nitrogen and oxygen atoms in total. The molecule has 0 aromatic heterocycles. The first-order chi connectivity index (χ1) is 12.3. The number of rotatable bonds is 7. The Bertz CT molecular complexity index is 777. The van der Waals surface area contributed by atoms with Crippen molar-refractivity contribution in [2.45, 2.75) is 32.7 Å². The molecule has 26 heavy (non-hydrogen) atoms.